The average Bonchev–Trinajstić information content (AvgIpc) is 2.72. The largest absolute Gasteiger partial charge is 0.255 e. The summed E-state index contributed by atoms with van der Waals surface area (Å²) in [6, 6.07) is 23.6. The van der Waals surface area contributed by atoms with Crippen molar-refractivity contribution >= 4 is 34.6 Å². The summed E-state index contributed by atoms with van der Waals surface area (Å²) in [5.74, 6) is 0. The van der Waals surface area contributed by atoms with Crippen molar-refractivity contribution in [3.63, 3.8) is 0 Å². The molecule has 0 aliphatic heterocycles. The van der Waals surface area contributed by atoms with Crippen molar-refractivity contribution in [2.75, 3.05) is 0 Å². The van der Waals surface area contributed by atoms with E-state index in [1.54, 1.807) is 24.8 Å². The number of benzene rings is 2. The maximum absolute atomic E-state index is 4.61. The van der Waals surface area contributed by atoms with Crippen molar-refractivity contribution in [1.82, 2.24) is 9.97 Å². The number of aliphatic imine (C=N–C) groups is 2. The molecule has 4 rings (SSSR count). The number of aromatic nitrogens is 2. The molecule has 124 valence electrons. The van der Waals surface area contributed by atoms with E-state index >= 15 is 0 Å². The van der Waals surface area contributed by atoms with Gasteiger partial charge < -0.3 is 0 Å². The molecule has 2 aromatic carbocycles. The van der Waals surface area contributed by atoms with Gasteiger partial charge in [0.15, 0.2) is 0 Å². The summed E-state index contributed by atoms with van der Waals surface area (Å²) >= 11 is 0. The summed E-state index contributed by atoms with van der Waals surface area (Å²) in [5.41, 5.74) is 3.44. The van der Waals surface area contributed by atoms with E-state index in [0.717, 1.165) is 33.5 Å². The van der Waals surface area contributed by atoms with E-state index in [-0.39, 0.29) is 0 Å². The monoisotopic (exact) mass is 336 g/mol. The lowest BCUT2D eigenvalue weighted by Crippen LogP contribution is -1.85. The molecule has 0 bridgehead atoms. The minimum absolute atomic E-state index is 0.828. The lowest BCUT2D eigenvalue weighted by atomic mass is 10.1. The highest BCUT2D eigenvalue weighted by Crippen LogP contribution is 2.32. The molecule has 4 heteroatoms. The van der Waals surface area contributed by atoms with Crippen LogP contribution in [0.25, 0.3) is 10.8 Å². The number of pyridine rings is 2. The maximum Gasteiger partial charge on any atom is 0.0812 e. The van der Waals surface area contributed by atoms with Crippen molar-refractivity contribution in [3.8, 4) is 0 Å². The van der Waals surface area contributed by atoms with E-state index < -0.39 is 0 Å². The van der Waals surface area contributed by atoms with Crippen molar-refractivity contribution in [2.45, 2.75) is 0 Å². The molecule has 0 saturated heterocycles. The number of rotatable bonds is 4. The zero-order chi connectivity index (χ0) is 17.6. The first-order valence-electron chi connectivity index (χ1n) is 8.32. The van der Waals surface area contributed by atoms with Crippen molar-refractivity contribution in [1.29, 1.82) is 0 Å². The molecule has 0 atom stereocenters. The standard InChI is InChI=1S/C22H16N4/c1-3-13-23-17(7-1)15-25-21-11-5-10-20-19(21)9-6-12-22(20)26-16-18-8-2-4-14-24-18/h1-16H. The highest BCUT2D eigenvalue weighted by Gasteiger charge is 2.03. The van der Waals surface area contributed by atoms with Crippen LogP contribution < -0.4 is 0 Å². The minimum atomic E-state index is 0.828. The second-order valence-corrected chi connectivity index (χ2v) is 5.68. The Balaban J connectivity index is 1.71. The molecule has 0 aliphatic rings. The Labute approximate surface area is 151 Å². The van der Waals surface area contributed by atoms with Crippen LogP contribution in [0.2, 0.25) is 0 Å². The van der Waals surface area contributed by atoms with Gasteiger partial charge in [0.2, 0.25) is 0 Å². The first-order valence-corrected chi connectivity index (χ1v) is 8.32. The Hall–Kier alpha value is -3.66. The predicted octanol–water partition coefficient (Wildman–Crippen LogP) is 5.13. The Morgan fingerprint density at radius 1 is 0.538 bits per heavy atom. The summed E-state index contributed by atoms with van der Waals surface area (Å²) in [5, 5.41) is 2.10. The molecule has 0 fully saturated rings. The summed E-state index contributed by atoms with van der Waals surface area (Å²) in [6.07, 6.45) is 7.07. The van der Waals surface area contributed by atoms with Gasteiger partial charge in [-0.15, -0.1) is 0 Å². The molecular formula is C22H16N4. The fourth-order valence-electron chi connectivity index (χ4n) is 2.68. The molecule has 0 N–H and O–H groups in total. The molecule has 0 aliphatic carbocycles. The SMILES string of the molecule is C(=Nc1cccc2c(N=Cc3ccccn3)cccc12)c1ccccn1. The molecule has 26 heavy (non-hydrogen) atoms. The average molecular weight is 336 g/mol. The van der Waals surface area contributed by atoms with Gasteiger partial charge >= 0.3 is 0 Å². The number of hydrogen-bond donors (Lipinski definition) is 0. The van der Waals surface area contributed by atoms with Crippen LogP contribution in [0.4, 0.5) is 11.4 Å². The molecule has 4 nitrogen and oxygen atoms in total. The van der Waals surface area contributed by atoms with Crippen LogP contribution in [0.3, 0.4) is 0 Å². The van der Waals surface area contributed by atoms with Gasteiger partial charge in [-0.1, -0.05) is 36.4 Å². The van der Waals surface area contributed by atoms with Crippen molar-refractivity contribution in [3.05, 3.63) is 96.6 Å². The summed E-state index contributed by atoms with van der Waals surface area (Å²) in [4.78, 5) is 17.8. The highest BCUT2D eigenvalue weighted by molar-refractivity contribution is 6.01. The van der Waals surface area contributed by atoms with E-state index in [4.69, 9.17) is 0 Å². The van der Waals surface area contributed by atoms with Gasteiger partial charge in [-0.05, 0) is 36.4 Å². The van der Waals surface area contributed by atoms with Crippen LogP contribution >= 0.6 is 0 Å². The molecule has 4 aromatic rings. The molecule has 2 heterocycles. The third-order valence-corrected chi connectivity index (χ3v) is 3.92. The molecule has 0 radical (unpaired) electrons. The van der Waals surface area contributed by atoms with Crippen molar-refractivity contribution in [2.24, 2.45) is 9.98 Å². The molecule has 2 aromatic heterocycles. The van der Waals surface area contributed by atoms with Gasteiger partial charge in [0.1, 0.15) is 0 Å². The second-order valence-electron chi connectivity index (χ2n) is 5.68. The zero-order valence-corrected chi connectivity index (χ0v) is 14.0. The van der Waals surface area contributed by atoms with Crippen LogP contribution in [0.5, 0.6) is 0 Å². The van der Waals surface area contributed by atoms with Gasteiger partial charge in [0.25, 0.3) is 0 Å². The Kier molecular flexibility index (Phi) is 4.56. The Bertz CT molecular complexity index is 982. The van der Waals surface area contributed by atoms with E-state index in [1.165, 1.54) is 0 Å². The first-order chi connectivity index (χ1) is 12.9. The molecular weight excluding hydrogens is 320 g/mol. The smallest absolute Gasteiger partial charge is 0.0812 e. The quantitative estimate of drug-likeness (QED) is 0.485. The highest BCUT2D eigenvalue weighted by atomic mass is 14.8. The topological polar surface area (TPSA) is 50.5 Å². The van der Waals surface area contributed by atoms with Crippen LogP contribution in [-0.2, 0) is 0 Å². The van der Waals surface area contributed by atoms with Crippen molar-refractivity contribution < 1.29 is 0 Å². The van der Waals surface area contributed by atoms with Gasteiger partial charge in [-0.3, -0.25) is 20.0 Å². The number of nitrogens with zero attached hydrogens (tertiary/aromatic N) is 4. The summed E-state index contributed by atoms with van der Waals surface area (Å²) < 4.78 is 0. The molecule has 0 amide bonds. The Morgan fingerprint density at radius 2 is 1.04 bits per heavy atom. The third kappa shape index (κ3) is 3.54. The summed E-state index contributed by atoms with van der Waals surface area (Å²) in [7, 11) is 0. The molecule has 0 unspecified atom stereocenters. The minimum Gasteiger partial charge on any atom is -0.255 e. The number of fused-ring (bicyclic) bond motifs is 1. The van der Waals surface area contributed by atoms with Crippen LogP contribution in [0.1, 0.15) is 11.4 Å². The second kappa shape index (κ2) is 7.49. The van der Waals surface area contributed by atoms with Crippen LogP contribution in [-0.4, -0.2) is 22.4 Å². The fourth-order valence-corrected chi connectivity index (χ4v) is 2.68. The number of hydrogen-bond acceptors (Lipinski definition) is 4. The maximum atomic E-state index is 4.61. The van der Waals surface area contributed by atoms with Gasteiger partial charge in [-0.25, -0.2) is 0 Å². The lowest BCUT2D eigenvalue weighted by molar-refractivity contribution is 1.30. The van der Waals surface area contributed by atoms with Gasteiger partial charge in [0, 0.05) is 23.2 Å². The van der Waals surface area contributed by atoms with E-state index in [2.05, 4.69) is 32.1 Å². The van der Waals surface area contributed by atoms with Gasteiger partial charge in [-0.2, -0.15) is 0 Å². The first kappa shape index (κ1) is 15.8. The molecule has 0 saturated carbocycles. The normalized spacial score (nSPS) is 11.5. The van der Waals surface area contributed by atoms with Gasteiger partial charge in [0.05, 0.1) is 35.2 Å². The fraction of sp³-hybridized carbons (Fsp3) is 0. The van der Waals surface area contributed by atoms with E-state index in [0.29, 0.717) is 0 Å². The van der Waals surface area contributed by atoms with E-state index in [1.807, 2.05) is 60.7 Å². The van der Waals surface area contributed by atoms with E-state index in [9.17, 15) is 0 Å². The predicted molar refractivity (Wildman–Crippen MR) is 107 cm³/mol. The molecule has 0 spiro atoms. The third-order valence-electron chi connectivity index (χ3n) is 3.92. The lowest BCUT2D eigenvalue weighted by Gasteiger charge is -2.05. The summed E-state index contributed by atoms with van der Waals surface area (Å²) in [6.45, 7) is 0. The van der Waals surface area contributed by atoms with Crippen LogP contribution in [0, 0.1) is 0 Å². The van der Waals surface area contributed by atoms with Crippen LogP contribution in [0.15, 0.2) is 95.2 Å². The Morgan fingerprint density at radius 3 is 1.46 bits per heavy atom. The zero-order valence-electron chi connectivity index (χ0n) is 14.0.